The fourth-order valence-electron chi connectivity index (χ4n) is 2.44. The van der Waals surface area contributed by atoms with Crippen LogP contribution in [0.1, 0.15) is 5.56 Å². The van der Waals surface area contributed by atoms with E-state index in [0.29, 0.717) is 28.8 Å². The van der Waals surface area contributed by atoms with Crippen LogP contribution in [0.5, 0.6) is 23.0 Å². The molecule has 0 radical (unpaired) electrons. The van der Waals surface area contributed by atoms with E-state index in [1.54, 1.807) is 6.07 Å². The third kappa shape index (κ3) is 3.36. The van der Waals surface area contributed by atoms with Gasteiger partial charge < -0.3 is 29.6 Å². The molecule has 2 aromatic carbocycles. The van der Waals surface area contributed by atoms with Gasteiger partial charge >= 0.3 is 6.29 Å². The molecule has 0 saturated heterocycles. The minimum atomic E-state index is -3.64. The highest BCUT2D eigenvalue weighted by molar-refractivity contribution is 7.80. The first-order valence-corrected chi connectivity index (χ1v) is 7.73. The molecular weight excluding hydrogens is 354 g/mol. The Labute approximate surface area is 146 Å². The van der Waals surface area contributed by atoms with Crippen LogP contribution in [0.25, 0.3) is 0 Å². The Morgan fingerprint density at radius 3 is 2.64 bits per heavy atom. The maximum atomic E-state index is 13.0. The Bertz CT molecular complexity index is 847. The molecule has 130 valence electrons. The average Bonchev–Trinajstić information content (AvgIpc) is 3.14. The van der Waals surface area contributed by atoms with Gasteiger partial charge in [-0.15, -0.1) is 8.78 Å². The molecule has 2 aliphatic rings. The molecule has 0 amide bonds. The number of rotatable bonds is 3. The van der Waals surface area contributed by atoms with Crippen LogP contribution in [0.15, 0.2) is 36.4 Å². The number of halogens is 2. The Balaban J connectivity index is 1.35. The Hall–Kier alpha value is -2.81. The number of nitrogens with one attached hydrogen (secondary N) is 2. The van der Waals surface area contributed by atoms with Gasteiger partial charge in [0.05, 0.1) is 0 Å². The molecule has 0 spiro atoms. The molecule has 0 bridgehead atoms. The number of hydrogen-bond acceptors (Lipinski definition) is 5. The summed E-state index contributed by atoms with van der Waals surface area (Å²) in [4.78, 5) is 0. The van der Waals surface area contributed by atoms with Crippen LogP contribution >= 0.6 is 12.2 Å². The number of anilines is 1. The SMILES string of the molecule is FC1(F)Oc2ccc(NC(=S)NCc3ccc4c(c3)OCO4)cc2O1. The summed E-state index contributed by atoms with van der Waals surface area (Å²) in [6, 6.07) is 9.93. The van der Waals surface area contributed by atoms with Crippen molar-refractivity contribution in [1.82, 2.24) is 5.32 Å². The summed E-state index contributed by atoms with van der Waals surface area (Å²) >= 11 is 5.21. The summed E-state index contributed by atoms with van der Waals surface area (Å²) in [7, 11) is 0. The van der Waals surface area contributed by atoms with Gasteiger partial charge in [0, 0.05) is 18.3 Å². The molecule has 9 heteroatoms. The van der Waals surface area contributed by atoms with Crippen molar-refractivity contribution in [3.63, 3.8) is 0 Å². The second-order valence-electron chi connectivity index (χ2n) is 5.32. The number of ether oxygens (including phenoxy) is 4. The third-order valence-corrected chi connectivity index (χ3v) is 3.80. The summed E-state index contributed by atoms with van der Waals surface area (Å²) in [5, 5.41) is 6.27. The molecule has 0 unspecified atom stereocenters. The topological polar surface area (TPSA) is 61.0 Å². The Morgan fingerprint density at radius 2 is 1.76 bits per heavy atom. The standard InChI is InChI=1S/C16H12F2N2O4S/c17-16(18)23-12-4-2-10(6-14(12)24-16)20-15(25)19-7-9-1-3-11-13(5-9)22-8-21-11/h1-6H,7-8H2,(H2,19,20,25). The molecule has 0 atom stereocenters. The summed E-state index contributed by atoms with van der Waals surface area (Å²) < 4.78 is 45.3. The van der Waals surface area contributed by atoms with Gasteiger partial charge in [0.15, 0.2) is 28.1 Å². The monoisotopic (exact) mass is 366 g/mol. The lowest BCUT2D eigenvalue weighted by Crippen LogP contribution is -2.27. The molecule has 6 nitrogen and oxygen atoms in total. The van der Waals surface area contributed by atoms with Gasteiger partial charge in [-0.1, -0.05) is 6.07 Å². The maximum absolute atomic E-state index is 13.0. The van der Waals surface area contributed by atoms with E-state index in [4.69, 9.17) is 21.7 Å². The Kier molecular flexibility index (Phi) is 3.72. The van der Waals surface area contributed by atoms with E-state index in [9.17, 15) is 8.78 Å². The van der Waals surface area contributed by atoms with E-state index >= 15 is 0 Å². The largest absolute Gasteiger partial charge is 0.586 e. The summed E-state index contributed by atoms with van der Waals surface area (Å²) in [6.45, 7) is 0.681. The molecule has 0 aliphatic carbocycles. The van der Waals surface area contributed by atoms with Crippen LogP contribution in [-0.2, 0) is 6.54 Å². The van der Waals surface area contributed by atoms with Crippen LogP contribution in [0.3, 0.4) is 0 Å². The zero-order chi connectivity index (χ0) is 17.4. The first kappa shape index (κ1) is 15.7. The number of hydrogen-bond donors (Lipinski definition) is 2. The molecular formula is C16H12F2N2O4S. The highest BCUT2D eigenvalue weighted by atomic mass is 32.1. The van der Waals surface area contributed by atoms with Crippen LogP contribution in [0.4, 0.5) is 14.5 Å². The van der Waals surface area contributed by atoms with Gasteiger partial charge in [0.2, 0.25) is 6.79 Å². The maximum Gasteiger partial charge on any atom is 0.586 e. The molecule has 2 aromatic rings. The van der Waals surface area contributed by atoms with Crippen LogP contribution in [0, 0.1) is 0 Å². The zero-order valence-corrected chi connectivity index (χ0v) is 13.5. The average molecular weight is 366 g/mol. The quantitative estimate of drug-likeness (QED) is 0.809. The molecule has 2 N–H and O–H groups in total. The van der Waals surface area contributed by atoms with Gasteiger partial charge in [-0.3, -0.25) is 0 Å². The van der Waals surface area contributed by atoms with E-state index in [0.717, 1.165) is 5.56 Å². The van der Waals surface area contributed by atoms with Gasteiger partial charge in [0.1, 0.15) is 0 Å². The lowest BCUT2D eigenvalue weighted by atomic mass is 10.2. The second kappa shape index (κ2) is 5.92. The first-order valence-electron chi connectivity index (χ1n) is 7.32. The Morgan fingerprint density at radius 1 is 1.00 bits per heavy atom. The van der Waals surface area contributed by atoms with E-state index in [1.165, 1.54) is 12.1 Å². The van der Waals surface area contributed by atoms with Gasteiger partial charge in [-0.05, 0) is 42.0 Å². The van der Waals surface area contributed by atoms with Crippen LogP contribution in [-0.4, -0.2) is 18.2 Å². The highest BCUT2D eigenvalue weighted by Crippen LogP contribution is 2.42. The third-order valence-electron chi connectivity index (χ3n) is 3.55. The van der Waals surface area contributed by atoms with Crippen molar-refractivity contribution < 1.29 is 27.7 Å². The molecule has 25 heavy (non-hydrogen) atoms. The van der Waals surface area contributed by atoms with Crippen LogP contribution in [0.2, 0.25) is 0 Å². The predicted molar refractivity (Wildman–Crippen MR) is 88.3 cm³/mol. The number of alkyl halides is 2. The van der Waals surface area contributed by atoms with E-state index in [2.05, 4.69) is 20.1 Å². The normalized spacial score (nSPS) is 15.8. The lowest BCUT2D eigenvalue weighted by molar-refractivity contribution is -0.286. The minimum Gasteiger partial charge on any atom is -0.454 e. The molecule has 2 heterocycles. The minimum absolute atomic E-state index is 0.0187. The van der Waals surface area contributed by atoms with E-state index in [-0.39, 0.29) is 18.3 Å². The fraction of sp³-hybridized carbons (Fsp3) is 0.188. The van der Waals surface area contributed by atoms with Gasteiger partial charge in [-0.2, -0.15) is 0 Å². The zero-order valence-electron chi connectivity index (χ0n) is 12.7. The van der Waals surface area contributed by atoms with E-state index in [1.807, 2.05) is 18.2 Å². The predicted octanol–water partition coefficient (Wildman–Crippen LogP) is 3.22. The first-order chi connectivity index (χ1) is 12.0. The smallest absolute Gasteiger partial charge is 0.454 e. The lowest BCUT2D eigenvalue weighted by Gasteiger charge is -2.11. The number of fused-ring (bicyclic) bond motifs is 2. The molecule has 2 aliphatic heterocycles. The van der Waals surface area contributed by atoms with Crippen molar-refractivity contribution in [2.24, 2.45) is 0 Å². The van der Waals surface area contributed by atoms with Crippen molar-refractivity contribution >= 4 is 23.0 Å². The van der Waals surface area contributed by atoms with Crippen LogP contribution < -0.4 is 29.6 Å². The van der Waals surface area contributed by atoms with Gasteiger partial charge in [0.25, 0.3) is 0 Å². The van der Waals surface area contributed by atoms with Crippen molar-refractivity contribution in [3.05, 3.63) is 42.0 Å². The second-order valence-corrected chi connectivity index (χ2v) is 5.73. The molecule has 0 aromatic heterocycles. The number of thiocarbonyl (C=S) groups is 1. The summed E-state index contributed by atoms with van der Waals surface area (Å²) in [5.74, 6) is 1.33. The van der Waals surface area contributed by atoms with Gasteiger partial charge in [-0.25, -0.2) is 0 Å². The van der Waals surface area contributed by atoms with Crippen molar-refractivity contribution in [2.75, 3.05) is 12.1 Å². The van der Waals surface area contributed by atoms with E-state index < -0.39 is 6.29 Å². The van der Waals surface area contributed by atoms with Crippen molar-refractivity contribution in [1.29, 1.82) is 0 Å². The molecule has 4 rings (SSSR count). The molecule has 0 saturated carbocycles. The fourth-order valence-corrected chi connectivity index (χ4v) is 2.63. The van der Waals surface area contributed by atoms with Crippen molar-refractivity contribution in [2.45, 2.75) is 12.8 Å². The number of benzene rings is 2. The highest BCUT2D eigenvalue weighted by Gasteiger charge is 2.43. The van der Waals surface area contributed by atoms with Crippen molar-refractivity contribution in [3.8, 4) is 23.0 Å². The summed E-state index contributed by atoms with van der Waals surface area (Å²) in [6.07, 6.45) is -3.64. The summed E-state index contributed by atoms with van der Waals surface area (Å²) in [5.41, 5.74) is 1.46. The molecule has 0 fully saturated rings.